The lowest BCUT2D eigenvalue weighted by atomic mass is 10.2. The minimum Gasteiger partial charge on any atom is -0.505 e. The van der Waals surface area contributed by atoms with Crippen molar-refractivity contribution in [1.29, 1.82) is 0 Å². The number of benzene rings is 1. The summed E-state index contributed by atoms with van der Waals surface area (Å²) in [5.74, 6) is 0.952. The van der Waals surface area contributed by atoms with Crippen molar-refractivity contribution < 1.29 is 9.84 Å². The Morgan fingerprint density at radius 2 is 2.17 bits per heavy atom. The molecule has 0 unspecified atom stereocenters. The lowest BCUT2D eigenvalue weighted by Crippen LogP contribution is -1.83. The van der Waals surface area contributed by atoms with Gasteiger partial charge in [0.2, 0.25) is 0 Å². The number of aromatic hydroxyl groups is 1. The molecule has 3 rings (SSSR count). The van der Waals surface area contributed by atoms with Crippen LogP contribution in [0.25, 0.3) is 20.8 Å². The maximum absolute atomic E-state index is 9.72. The first kappa shape index (κ1) is 11.0. The van der Waals surface area contributed by atoms with E-state index in [4.69, 9.17) is 4.74 Å². The Morgan fingerprint density at radius 3 is 2.94 bits per heavy atom. The van der Waals surface area contributed by atoms with Crippen LogP contribution >= 0.6 is 11.3 Å². The minimum atomic E-state index is 0.166. The Bertz CT molecular complexity index is 709. The molecule has 2 heterocycles. The molecule has 18 heavy (non-hydrogen) atoms. The van der Waals surface area contributed by atoms with E-state index in [-0.39, 0.29) is 5.75 Å². The summed E-state index contributed by atoms with van der Waals surface area (Å²) in [6, 6.07) is 7.68. The van der Waals surface area contributed by atoms with E-state index in [1.165, 1.54) is 17.5 Å². The molecule has 0 atom stereocenters. The molecule has 3 aromatic rings. The summed E-state index contributed by atoms with van der Waals surface area (Å²) >= 11 is 1.44. The van der Waals surface area contributed by atoms with Gasteiger partial charge in [0, 0.05) is 5.56 Å². The van der Waals surface area contributed by atoms with Crippen molar-refractivity contribution in [1.82, 2.24) is 9.97 Å². The van der Waals surface area contributed by atoms with E-state index in [1.807, 2.05) is 24.3 Å². The van der Waals surface area contributed by atoms with Crippen LogP contribution in [-0.2, 0) is 0 Å². The highest BCUT2D eigenvalue weighted by molar-refractivity contribution is 7.22. The Morgan fingerprint density at radius 1 is 1.28 bits per heavy atom. The summed E-state index contributed by atoms with van der Waals surface area (Å²) in [4.78, 5) is 8.38. The lowest BCUT2D eigenvalue weighted by Gasteiger charge is -2.00. The Balaban J connectivity index is 2.16. The van der Waals surface area contributed by atoms with E-state index in [0.29, 0.717) is 5.52 Å². The van der Waals surface area contributed by atoms with Gasteiger partial charge in [-0.25, -0.2) is 4.98 Å². The van der Waals surface area contributed by atoms with Crippen LogP contribution in [0.1, 0.15) is 0 Å². The predicted molar refractivity (Wildman–Crippen MR) is 71.1 cm³/mol. The molecule has 4 nitrogen and oxygen atoms in total. The van der Waals surface area contributed by atoms with Gasteiger partial charge in [0.25, 0.3) is 0 Å². The van der Waals surface area contributed by atoms with E-state index >= 15 is 0 Å². The third-order valence-corrected chi connectivity index (χ3v) is 3.74. The molecule has 0 saturated carbocycles. The van der Waals surface area contributed by atoms with Gasteiger partial charge in [0.15, 0.2) is 5.75 Å². The molecule has 0 spiro atoms. The van der Waals surface area contributed by atoms with Gasteiger partial charge in [0.05, 0.1) is 24.2 Å². The van der Waals surface area contributed by atoms with Crippen molar-refractivity contribution in [2.24, 2.45) is 0 Å². The Kier molecular flexibility index (Phi) is 2.60. The van der Waals surface area contributed by atoms with Crippen LogP contribution in [0.4, 0.5) is 0 Å². The van der Waals surface area contributed by atoms with E-state index in [1.54, 1.807) is 13.3 Å². The summed E-state index contributed by atoms with van der Waals surface area (Å²) in [5.41, 5.74) is 1.67. The van der Waals surface area contributed by atoms with Crippen LogP contribution < -0.4 is 4.74 Å². The quantitative estimate of drug-likeness (QED) is 0.767. The molecule has 0 fully saturated rings. The predicted octanol–water partition coefficient (Wildman–Crippen LogP) is 3.07. The maximum atomic E-state index is 9.72. The highest BCUT2D eigenvalue weighted by Gasteiger charge is 2.10. The minimum absolute atomic E-state index is 0.166. The fraction of sp³-hybridized carbons (Fsp3) is 0.0769. The van der Waals surface area contributed by atoms with Gasteiger partial charge in [-0.3, -0.25) is 4.98 Å². The number of nitrogens with zero attached hydrogens (tertiary/aromatic N) is 2. The molecule has 0 saturated heterocycles. The number of methoxy groups -OCH3 is 1. The Hall–Kier alpha value is -2.14. The zero-order valence-electron chi connectivity index (χ0n) is 9.62. The molecule has 90 valence electrons. The first-order valence-electron chi connectivity index (χ1n) is 5.36. The summed E-state index contributed by atoms with van der Waals surface area (Å²) in [6.45, 7) is 0. The average molecular weight is 258 g/mol. The van der Waals surface area contributed by atoms with E-state index < -0.39 is 0 Å². The molecule has 2 aromatic heterocycles. The molecule has 0 bridgehead atoms. The summed E-state index contributed by atoms with van der Waals surface area (Å²) in [5, 5.41) is 10.6. The first-order chi connectivity index (χ1) is 8.78. The monoisotopic (exact) mass is 258 g/mol. The number of pyridine rings is 1. The number of ether oxygens (including phenoxy) is 1. The largest absolute Gasteiger partial charge is 0.505 e. The lowest BCUT2D eigenvalue weighted by molar-refractivity contribution is 0.415. The SMILES string of the molecule is COc1cccc(-c2nc3cncc(O)c3s2)c1. The van der Waals surface area contributed by atoms with Crippen molar-refractivity contribution in [3.8, 4) is 22.1 Å². The highest BCUT2D eigenvalue weighted by atomic mass is 32.1. The number of thiazole rings is 1. The average Bonchev–Trinajstić information content (AvgIpc) is 2.84. The second-order valence-corrected chi connectivity index (χ2v) is 4.76. The van der Waals surface area contributed by atoms with Gasteiger partial charge >= 0.3 is 0 Å². The van der Waals surface area contributed by atoms with Gasteiger partial charge in [-0.2, -0.15) is 0 Å². The van der Waals surface area contributed by atoms with Crippen molar-refractivity contribution in [3.05, 3.63) is 36.7 Å². The molecule has 0 aliphatic carbocycles. The van der Waals surface area contributed by atoms with Crippen molar-refractivity contribution in [3.63, 3.8) is 0 Å². The summed E-state index contributed by atoms with van der Waals surface area (Å²) in [7, 11) is 1.63. The number of hydrogen-bond donors (Lipinski definition) is 1. The van der Waals surface area contributed by atoms with Crippen LogP contribution in [0.15, 0.2) is 36.7 Å². The van der Waals surface area contributed by atoms with E-state index in [2.05, 4.69) is 9.97 Å². The molecule has 0 radical (unpaired) electrons. The second kappa shape index (κ2) is 4.27. The summed E-state index contributed by atoms with van der Waals surface area (Å²) in [6.07, 6.45) is 3.07. The van der Waals surface area contributed by atoms with Crippen molar-refractivity contribution >= 4 is 21.6 Å². The fourth-order valence-electron chi connectivity index (χ4n) is 1.72. The molecule has 5 heteroatoms. The van der Waals surface area contributed by atoms with Crippen LogP contribution in [0, 0.1) is 0 Å². The number of rotatable bonds is 2. The molecular weight excluding hydrogens is 248 g/mol. The van der Waals surface area contributed by atoms with Crippen LogP contribution in [-0.4, -0.2) is 22.2 Å². The van der Waals surface area contributed by atoms with Crippen LogP contribution in [0.5, 0.6) is 11.5 Å². The molecule has 1 N–H and O–H groups in total. The fourth-order valence-corrected chi connectivity index (χ4v) is 2.66. The Labute approximate surface area is 108 Å². The van der Waals surface area contributed by atoms with Crippen molar-refractivity contribution in [2.75, 3.05) is 7.11 Å². The van der Waals surface area contributed by atoms with E-state index in [0.717, 1.165) is 21.0 Å². The van der Waals surface area contributed by atoms with Crippen LogP contribution in [0.3, 0.4) is 0 Å². The molecule has 1 aromatic carbocycles. The topological polar surface area (TPSA) is 55.2 Å². The van der Waals surface area contributed by atoms with E-state index in [9.17, 15) is 5.11 Å². The molecule has 0 amide bonds. The third kappa shape index (κ3) is 1.78. The molecular formula is C13H10N2O2S. The summed E-state index contributed by atoms with van der Waals surface area (Å²) < 4.78 is 5.94. The number of fused-ring (bicyclic) bond motifs is 1. The molecule has 0 aliphatic rings. The third-order valence-electron chi connectivity index (χ3n) is 2.60. The number of aromatic nitrogens is 2. The second-order valence-electron chi connectivity index (χ2n) is 3.76. The first-order valence-corrected chi connectivity index (χ1v) is 6.17. The van der Waals surface area contributed by atoms with Gasteiger partial charge in [-0.05, 0) is 12.1 Å². The smallest absolute Gasteiger partial charge is 0.153 e. The maximum Gasteiger partial charge on any atom is 0.153 e. The standard InChI is InChI=1S/C13H10N2O2S/c1-17-9-4-2-3-8(5-9)13-15-10-6-14-7-11(16)12(10)18-13/h2-7,16H,1H3. The normalized spacial score (nSPS) is 10.7. The van der Waals surface area contributed by atoms with Crippen LogP contribution in [0.2, 0.25) is 0 Å². The van der Waals surface area contributed by atoms with Gasteiger partial charge in [-0.15, -0.1) is 11.3 Å². The van der Waals surface area contributed by atoms with Gasteiger partial charge in [-0.1, -0.05) is 12.1 Å². The zero-order chi connectivity index (χ0) is 12.5. The molecule has 0 aliphatic heterocycles. The highest BCUT2D eigenvalue weighted by Crippen LogP contribution is 2.35. The van der Waals surface area contributed by atoms with Crippen molar-refractivity contribution in [2.45, 2.75) is 0 Å². The number of hydrogen-bond acceptors (Lipinski definition) is 5. The van der Waals surface area contributed by atoms with Gasteiger partial charge in [0.1, 0.15) is 16.3 Å². The zero-order valence-corrected chi connectivity index (χ0v) is 10.4. The van der Waals surface area contributed by atoms with Gasteiger partial charge < -0.3 is 9.84 Å².